The van der Waals surface area contributed by atoms with Gasteiger partial charge in [0.1, 0.15) is 0 Å². The van der Waals surface area contributed by atoms with Crippen LogP contribution in [0.3, 0.4) is 0 Å². The Balaban J connectivity index is 2.68. The molecule has 1 fully saturated rings. The summed E-state index contributed by atoms with van der Waals surface area (Å²) < 4.78 is 0. The summed E-state index contributed by atoms with van der Waals surface area (Å²) in [5, 5.41) is 12.1. The van der Waals surface area contributed by atoms with Crippen molar-refractivity contribution < 1.29 is 14.7 Å². The zero-order valence-corrected chi connectivity index (χ0v) is 12.2. The van der Waals surface area contributed by atoms with Crippen molar-refractivity contribution in [2.45, 2.75) is 52.1 Å². The van der Waals surface area contributed by atoms with Gasteiger partial charge in [-0.05, 0) is 40.5 Å². The summed E-state index contributed by atoms with van der Waals surface area (Å²) in [5.74, 6) is -0.932. The number of carboxylic acid groups (broad SMARTS) is 1. The van der Waals surface area contributed by atoms with E-state index < -0.39 is 16.9 Å². The molecule has 1 aliphatic heterocycles. The van der Waals surface area contributed by atoms with Crippen LogP contribution in [0.1, 0.15) is 40.5 Å². The Morgan fingerprint density at radius 1 is 1.21 bits per heavy atom. The second-order valence-electron chi connectivity index (χ2n) is 6.31. The molecular weight excluding hydrogens is 246 g/mol. The summed E-state index contributed by atoms with van der Waals surface area (Å²) in [6.07, 6.45) is 1.58. The third-order valence-electron chi connectivity index (χ3n) is 4.34. The van der Waals surface area contributed by atoms with E-state index in [1.165, 1.54) is 0 Å². The van der Waals surface area contributed by atoms with Crippen LogP contribution in [-0.4, -0.2) is 46.7 Å². The average Bonchev–Trinajstić information content (AvgIpc) is 2.28. The van der Waals surface area contributed by atoms with Gasteiger partial charge in [-0.3, -0.25) is 4.79 Å². The molecule has 6 nitrogen and oxygen atoms in total. The lowest BCUT2D eigenvalue weighted by atomic mass is 9.74. The Morgan fingerprint density at radius 2 is 1.68 bits per heavy atom. The lowest BCUT2D eigenvalue weighted by Gasteiger charge is -2.41. The lowest BCUT2D eigenvalue weighted by Crippen LogP contribution is -2.60. The van der Waals surface area contributed by atoms with Gasteiger partial charge in [0.05, 0.1) is 11.0 Å². The van der Waals surface area contributed by atoms with Gasteiger partial charge in [-0.15, -0.1) is 0 Å². The van der Waals surface area contributed by atoms with Crippen LogP contribution < -0.4 is 11.1 Å². The van der Waals surface area contributed by atoms with E-state index >= 15 is 0 Å². The zero-order valence-electron chi connectivity index (χ0n) is 12.2. The van der Waals surface area contributed by atoms with E-state index in [0.717, 1.165) is 12.8 Å². The molecule has 0 aromatic rings. The second kappa shape index (κ2) is 5.36. The van der Waals surface area contributed by atoms with E-state index in [0.29, 0.717) is 13.1 Å². The second-order valence-corrected chi connectivity index (χ2v) is 6.31. The van der Waals surface area contributed by atoms with Gasteiger partial charge in [-0.1, -0.05) is 0 Å². The highest BCUT2D eigenvalue weighted by molar-refractivity contribution is 5.79. The van der Waals surface area contributed by atoms with Crippen LogP contribution in [0, 0.1) is 5.41 Å². The topological polar surface area (TPSA) is 95.7 Å². The highest BCUT2D eigenvalue weighted by Crippen LogP contribution is 2.31. The van der Waals surface area contributed by atoms with Gasteiger partial charge in [0.15, 0.2) is 0 Å². The number of carbonyl (C=O) groups excluding carboxylic acids is 1. The predicted octanol–water partition coefficient (Wildman–Crippen LogP) is 1.01. The van der Waals surface area contributed by atoms with Gasteiger partial charge in [0.25, 0.3) is 0 Å². The number of carboxylic acids is 1. The van der Waals surface area contributed by atoms with Gasteiger partial charge < -0.3 is 21.1 Å². The Hall–Kier alpha value is -1.30. The molecule has 4 N–H and O–H groups in total. The fraction of sp³-hybridized carbons (Fsp3) is 0.846. The first-order valence-electron chi connectivity index (χ1n) is 6.64. The number of nitrogens with two attached hydrogens (primary N) is 1. The number of piperidine rings is 1. The van der Waals surface area contributed by atoms with Crippen LogP contribution in [0.4, 0.5) is 4.79 Å². The molecule has 0 unspecified atom stereocenters. The van der Waals surface area contributed by atoms with E-state index in [1.54, 1.807) is 32.6 Å². The Labute approximate surface area is 114 Å². The van der Waals surface area contributed by atoms with Gasteiger partial charge >= 0.3 is 12.0 Å². The van der Waals surface area contributed by atoms with Crippen molar-refractivity contribution in [3.63, 3.8) is 0 Å². The summed E-state index contributed by atoms with van der Waals surface area (Å²) in [4.78, 5) is 25.2. The molecule has 2 amide bonds. The molecule has 0 spiro atoms. The first-order chi connectivity index (χ1) is 8.58. The molecule has 19 heavy (non-hydrogen) atoms. The van der Waals surface area contributed by atoms with Crippen LogP contribution in [0.25, 0.3) is 0 Å². The fourth-order valence-electron chi connectivity index (χ4n) is 1.87. The molecule has 0 atom stereocenters. The average molecular weight is 271 g/mol. The molecule has 0 aromatic carbocycles. The number of aliphatic carboxylic acids is 1. The van der Waals surface area contributed by atoms with E-state index in [4.69, 9.17) is 5.73 Å². The molecule has 110 valence electrons. The lowest BCUT2D eigenvalue weighted by molar-refractivity contribution is -0.150. The van der Waals surface area contributed by atoms with Crippen molar-refractivity contribution >= 4 is 12.0 Å². The van der Waals surface area contributed by atoms with Crippen LogP contribution in [0.2, 0.25) is 0 Å². The Bertz CT molecular complexity index is 358. The molecule has 0 saturated carbocycles. The van der Waals surface area contributed by atoms with E-state index in [1.807, 2.05) is 0 Å². The Morgan fingerprint density at radius 3 is 2.11 bits per heavy atom. The molecule has 6 heteroatoms. The number of rotatable bonds is 3. The van der Waals surface area contributed by atoms with Crippen LogP contribution in [0.5, 0.6) is 0 Å². The predicted molar refractivity (Wildman–Crippen MR) is 72.8 cm³/mol. The van der Waals surface area contributed by atoms with Crippen molar-refractivity contribution in [2.75, 3.05) is 13.1 Å². The molecule has 0 bridgehead atoms. The van der Waals surface area contributed by atoms with Crippen LogP contribution in [0.15, 0.2) is 0 Å². The fourth-order valence-corrected chi connectivity index (χ4v) is 1.87. The largest absolute Gasteiger partial charge is 0.481 e. The van der Waals surface area contributed by atoms with E-state index in [2.05, 4.69) is 5.32 Å². The maximum Gasteiger partial charge on any atom is 0.317 e. The normalized spacial score (nSPS) is 18.3. The van der Waals surface area contributed by atoms with Crippen molar-refractivity contribution in [1.82, 2.24) is 10.2 Å². The maximum absolute atomic E-state index is 12.2. The zero-order chi connectivity index (χ0) is 14.8. The molecule has 0 aliphatic carbocycles. The smallest absolute Gasteiger partial charge is 0.317 e. The quantitative estimate of drug-likeness (QED) is 0.713. The standard InChI is InChI=1S/C13H25N3O3/c1-12(2,10(17)18)13(3,4)15-11(19)16-7-5-9(14)6-8-16/h9H,5-8,14H2,1-4H3,(H,15,19)(H,17,18). The minimum Gasteiger partial charge on any atom is -0.481 e. The van der Waals surface area contributed by atoms with Crippen molar-refractivity contribution in [3.8, 4) is 0 Å². The number of hydrogen-bond acceptors (Lipinski definition) is 3. The van der Waals surface area contributed by atoms with E-state index in [-0.39, 0.29) is 12.1 Å². The highest BCUT2D eigenvalue weighted by atomic mass is 16.4. The third kappa shape index (κ3) is 3.37. The highest BCUT2D eigenvalue weighted by Gasteiger charge is 2.45. The molecule has 1 aliphatic rings. The molecule has 1 rings (SSSR count). The third-order valence-corrected chi connectivity index (χ3v) is 4.34. The van der Waals surface area contributed by atoms with Gasteiger partial charge in [-0.25, -0.2) is 4.79 Å². The van der Waals surface area contributed by atoms with Gasteiger partial charge in [-0.2, -0.15) is 0 Å². The first-order valence-corrected chi connectivity index (χ1v) is 6.64. The molecule has 0 aromatic heterocycles. The summed E-state index contributed by atoms with van der Waals surface area (Å²) in [5.41, 5.74) is 3.91. The summed E-state index contributed by atoms with van der Waals surface area (Å²) >= 11 is 0. The molecular formula is C13H25N3O3. The number of amides is 2. The van der Waals surface area contributed by atoms with Crippen LogP contribution in [-0.2, 0) is 4.79 Å². The minimum absolute atomic E-state index is 0.160. The number of nitrogens with zero attached hydrogens (tertiary/aromatic N) is 1. The first kappa shape index (κ1) is 15.8. The monoisotopic (exact) mass is 271 g/mol. The van der Waals surface area contributed by atoms with Crippen molar-refractivity contribution in [1.29, 1.82) is 0 Å². The number of urea groups is 1. The number of nitrogens with one attached hydrogen (secondary N) is 1. The number of hydrogen-bond donors (Lipinski definition) is 3. The molecule has 0 radical (unpaired) electrons. The Kier molecular flexibility index (Phi) is 4.45. The molecule has 1 heterocycles. The maximum atomic E-state index is 12.2. The van der Waals surface area contributed by atoms with Gasteiger partial charge in [0.2, 0.25) is 0 Å². The van der Waals surface area contributed by atoms with Crippen molar-refractivity contribution in [2.24, 2.45) is 11.1 Å². The number of carbonyl (C=O) groups is 2. The van der Waals surface area contributed by atoms with Gasteiger partial charge in [0, 0.05) is 19.1 Å². The minimum atomic E-state index is -1.05. The van der Waals surface area contributed by atoms with Crippen LogP contribution >= 0.6 is 0 Å². The van der Waals surface area contributed by atoms with Crippen molar-refractivity contribution in [3.05, 3.63) is 0 Å². The number of likely N-dealkylation sites (tertiary alicyclic amines) is 1. The summed E-state index contributed by atoms with van der Waals surface area (Å²) in [7, 11) is 0. The molecule has 1 saturated heterocycles. The summed E-state index contributed by atoms with van der Waals surface area (Å²) in [6.45, 7) is 7.93. The SMILES string of the molecule is CC(C)(NC(=O)N1CCC(N)CC1)C(C)(C)C(=O)O. The summed E-state index contributed by atoms with van der Waals surface area (Å²) in [6, 6.07) is -0.0567. The van der Waals surface area contributed by atoms with E-state index in [9.17, 15) is 14.7 Å².